The Hall–Kier alpha value is -3.17. The molecule has 0 bridgehead atoms. The molecule has 2 unspecified atom stereocenters. The number of methoxy groups -OCH3 is 1. The van der Waals surface area contributed by atoms with Gasteiger partial charge in [0, 0.05) is 38.2 Å². The predicted molar refractivity (Wildman–Crippen MR) is 135 cm³/mol. The third-order valence-electron chi connectivity index (χ3n) is 6.32. The number of nitrogens with zero attached hydrogens (tertiary/aromatic N) is 3. The molecule has 1 saturated heterocycles. The second kappa shape index (κ2) is 11.5. The fourth-order valence-corrected chi connectivity index (χ4v) is 4.67. The van der Waals surface area contributed by atoms with E-state index in [0.717, 1.165) is 30.3 Å². The van der Waals surface area contributed by atoms with Crippen molar-refractivity contribution in [3.63, 3.8) is 0 Å². The molecule has 0 radical (unpaired) electrons. The number of phenolic OH excluding ortho intramolecular Hbond substituents is 1. The monoisotopic (exact) mass is 504 g/mol. The molecule has 2 heterocycles. The summed E-state index contributed by atoms with van der Waals surface area (Å²) in [6.45, 7) is 3.71. The number of carbonyl (C=O) groups is 1. The third-order valence-corrected chi connectivity index (χ3v) is 6.32. The molecule has 0 saturated carbocycles. The molecule has 3 N–H and O–H groups in total. The van der Waals surface area contributed by atoms with E-state index in [2.05, 4.69) is 15.2 Å². The number of hydrogen-bond donors (Lipinski definition) is 3. The van der Waals surface area contributed by atoms with Crippen molar-refractivity contribution < 1.29 is 24.1 Å². The van der Waals surface area contributed by atoms with Gasteiger partial charge in [0.05, 0.1) is 11.1 Å². The van der Waals surface area contributed by atoms with Gasteiger partial charge in [-0.25, -0.2) is 19.2 Å². The number of amides is 1. The van der Waals surface area contributed by atoms with Crippen LogP contribution in [0.15, 0.2) is 36.4 Å². The first kappa shape index (κ1) is 26.4. The quantitative estimate of drug-likeness (QED) is 0.425. The highest BCUT2D eigenvalue weighted by Gasteiger charge is 2.30. The average Bonchev–Trinajstić information content (AvgIpc) is 2.80. The van der Waals surface area contributed by atoms with Gasteiger partial charge < -0.3 is 25.2 Å². The number of benzene rings is 2. The predicted octanol–water partition coefficient (Wildman–Crippen LogP) is 4.76. The maximum absolute atomic E-state index is 14.7. The number of fused-ring (bicyclic) bond motifs is 1. The zero-order valence-electron chi connectivity index (χ0n) is 19.7. The minimum Gasteiger partial charge on any atom is -0.507 e. The topological polar surface area (TPSA) is 108 Å². The summed E-state index contributed by atoms with van der Waals surface area (Å²) in [5.74, 6) is -0.00103. The number of aromatic nitrogens is 2. The van der Waals surface area contributed by atoms with Gasteiger partial charge in [0.1, 0.15) is 17.4 Å². The van der Waals surface area contributed by atoms with Crippen LogP contribution in [0.4, 0.5) is 15.0 Å². The summed E-state index contributed by atoms with van der Waals surface area (Å²) in [6.07, 6.45) is 1.24. The molecule has 1 aromatic heterocycles. The van der Waals surface area contributed by atoms with Crippen LogP contribution >= 0.6 is 12.4 Å². The first-order valence-corrected chi connectivity index (χ1v) is 11.4. The number of ether oxygens (including phenoxy) is 1. The fraction of sp³-hybridized carbons (Fsp3) is 0.400. The lowest BCUT2D eigenvalue weighted by atomic mass is 9.88. The number of piperidine rings is 1. The number of halogens is 2. The van der Waals surface area contributed by atoms with Crippen LogP contribution < -0.4 is 10.2 Å². The van der Waals surface area contributed by atoms with Gasteiger partial charge in [0.25, 0.3) is 0 Å². The largest absolute Gasteiger partial charge is 0.507 e. The number of aryl methyl sites for hydroxylation is 1. The summed E-state index contributed by atoms with van der Waals surface area (Å²) in [4.78, 5) is 22.8. The molecule has 1 aliphatic rings. The van der Waals surface area contributed by atoms with Gasteiger partial charge in [-0.15, -0.1) is 12.4 Å². The SMILES string of the molecule is COCCC(NC(=O)O)C1CCCN(c2nc(-c3c(O)cccc3F)nc3cc(C)ccc23)C1.Cl. The molecular formula is C25H30ClFN4O4. The molecule has 4 rings (SSSR count). The number of carboxylic acid groups (broad SMARTS) is 1. The van der Waals surface area contributed by atoms with Gasteiger partial charge in [-0.05, 0) is 61.9 Å². The number of aromatic hydroxyl groups is 1. The van der Waals surface area contributed by atoms with Gasteiger partial charge in [-0.3, -0.25) is 0 Å². The van der Waals surface area contributed by atoms with Crippen LogP contribution in [0, 0.1) is 18.7 Å². The maximum Gasteiger partial charge on any atom is 0.404 e. The lowest BCUT2D eigenvalue weighted by Gasteiger charge is -2.38. The lowest BCUT2D eigenvalue weighted by Crippen LogP contribution is -2.48. The Labute approximate surface area is 209 Å². The zero-order valence-corrected chi connectivity index (χ0v) is 20.5. The average molecular weight is 505 g/mol. The summed E-state index contributed by atoms with van der Waals surface area (Å²) >= 11 is 0. The summed E-state index contributed by atoms with van der Waals surface area (Å²) in [5.41, 5.74) is 1.62. The second-order valence-corrected chi connectivity index (χ2v) is 8.71. The highest BCUT2D eigenvalue weighted by molar-refractivity contribution is 5.92. The highest BCUT2D eigenvalue weighted by Crippen LogP contribution is 2.35. The van der Waals surface area contributed by atoms with E-state index in [9.17, 15) is 19.4 Å². The summed E-state index contributed by atoms with van der Waals surface area (Å²) in [6, 6.07) is 9.70. The van der Waals surface area contributed by atoms with E-state index in [0.29, 0.717) is 30.9 Å². The van der Waals surface area contributed by atoms with E-state index >= 15 is 0 Å². The van der Waals surface area contributed by atoms with Crippen LogP contribution in [0.3, 0.4) is 0 Å². The minimum atomic E-state index is -1.06. The first-order valence-electron chi connectivity index (χ1n) is 11.4. The number of anilines is 1. The van der Waals surface area contributed by atoms with E-state index < -0.39 is 11.9 Å². The van der Waals surface area contributed by atoms with Gasteiger partial charge in [0.2, 0.25) is 0 Å². The third kappa shape index (κ3) is 5.91. The first-order chi connectivity index (χ1) is 16.4. The molecule has 8 nitrogen and oxygen atoms in total. The fourth-order valence-electron chi connectivity index (χ4n) is 4.67. The van der Waals surface area contributed by atoms with Crippen molar-refractivity contribution in [1.82, 2.24) is 15.3 Å². The Morgan fingerprint density at radius 1 is 1.31 bits per heavy atom. The standard InChI is InChI=1S/C25H29FN4O4.ClH/c1-15-8-9-17-20(13-15)27-23(22-18(26)6-3-7-21(22)31)29-24(17)30-11-4-5-16(14-30)19(10-12-34-2)28-25(32)33;/h3,6-9,13,16,19,28,31H,4-5,10-12,14H2,1-2H3,(H,32,33);1H. The Kier molecular flexibility index (Phi) is 8.69. The number of hydrogen-bond acceptors (Lipinski definition) is 6. The van der Waals surface area contributed by atoms with Gasteiger partial charge >= 0.3 is 6.09 Å². The molecule has 188 valence electrons. The van der Waals surface area contributed by atoms with Gasteiger partial charge in [-0.2, -0.15) is 0 Å². The normalized spacial score (nSPS) is 16.5. The van der Waals surface area contributed by atoms with Crippen molar-refractivity contribution in [2.24, 2.45) is 5.92 Å². The smallest absolute Gasteiger partial charge is 0.404 e. The Morgan fingerprint density at radius 3 is 2.83 bits per heavy atom. The van der Waals surface area contributed by atoms with Crippen molar-refractivity contribution in [3.8, 4) is 17.1 Å². The molecule has 3 aromatic rings. The van der Waals surface area contributed by atoms with Crippen molar-refractivity contribution in [3.05, 3.63) is 47.8 Å². The van der Waals surface area contributed by atoms with Crippen molar-refractivity contribution in [2.45, 2.75) is 32.2 Å². The molecule has 1 fully saturated rings. The van der Waals surface area contributed by atoms with Crippen LogP contribution in [-0.4, -0.2) is 59.1 Å². The molecular weight excluding hydrogens is 475 g/mol. The van der Waals surface area contributed by atoms with Crippen LogP contribution in [0.25, 0.3) is 22.3 Å². The van der Waals surface area contributed by atoms with Crippen LogP contribution in [0.5, 0.6) is 5.75 Å². The minimum absolute atomic E-state index is 0. The maximum atomic E-state index is 14.7. The Balaban J connectivity index is 0.00000342. The number of phenols is 1. The molecule has 0 spiro atoms. The van der Waals surface area contributed by atoms with E-state index in [1.165, 1.54) is 18.2 Å². The van der Waals surface area contributed by atoms with Crippen molar-refractivity contribution in [1.29, 1.82) is 0 Å². The summed E-state index contributed by atoms with van der Waals surface area (Å²) in [7, 11) is 1.60. The molecule has 2 aromatic carbocycles. The second-order valence-electron chi connectivity index (χ2n) is 8.71. The van der Waals surface area contributed by atoms with Crippen molar-refractivity contribution in [2.75, 3.05) is 31.7 Å². The Morgan fingerprint density at radius 2 is 2.11 bits per heavy atom. The van der Waals surface area contributed by atoms with Crippen LogP contribution in [0.2, 0.25) is 0 Å². The highest BCUT2D eigenvalue weighted by atomic mass is 35.5. The van der Waals surface area contributed by atoms with E-state index in [4.69, 9.17) is 9.72 Å². The van der Waals surface area contributed by atoms with E-state index in [1.54, 1.807) is 7.11 Å². The lowest BCUT2D eigenvalue weighted by molar-refractivity contribution is 0.152. The zero-order chi connectivity index (χ0) is 24.2. The number of rotatable bonds is 7. The molecule has 1 amide bonds. The summed E-state index contributed by atoms with van der Waals surface area (Å²) < 4.78 is 19.9. The van der Waals surface area contributed by atoms with E-state index in [1.807, 2.05) is 25.1 Å². The molecule has 35 heavy (non-hydrogen) atoms. The Bertz CT molecular complexity index is 1180. The van der Waals surface area contributed by atoms with Gasteiger partial charge in [-0.1, -0.05) is 12.1 Å². The molecule has 2 atom stereocenters. The van der Waals surface area contributed by atoms with Crippen LogP contribution in [0.1, 0.15) is 24.8 Å². The van der Waals surface area contributed by atoms with Crippen molar-refractivity contribution >= 4 is 35.2 Å². The van der Waals surface area contributed by atoms with Gasteiger partial charge in [0.15, 0.2) is 5.82 Å². The molecule has 1 aliphatic heterocycles. The molecule has 0 aliphatic carbocycles. The van der Waals surface area contributed by atoms with E-state index in [-0.39, 0.29) is 41.5 Å². The summed E-state index contributed by atoms with van der Waals surface area (Å²) in [5, 5.41) is 23.2. The molecule has 10 heteroatoms. The number of nitrogens with one attached hydrogen (secondary N) is 1. The van der Waals surface area contributed by atoms with Crippen LogP contribution in [-0.2, 0) is 4.74 Å².